The van der Waals surface area contributed by atoms with Gasteiger partial charge in [0, 0.05) is 6.42 Å². The number of hydrogen-bond acceptors (Lipinski definition) is 3. The van der Waals surface area contributed by atoms with Gasteiger partial charge in [-0.05, 0) is 62.3 Å². The van der Waals surface area contributed by atoms with Gasteiger partial charge < -0.3 is 15.2 Å². The van der Waals surface area contributed by atoms with E-state index >= 15 is 0 Å². The molecule has 3 rings (SSSR count). The molecule has 2 N–H and O–H groups in total. The molecule has 1 fully saturated rings. The first-order chi connectivity index (χ1) is 9.93. The lowest BCUT2D eigenvalue weighted by atomic mass is 9.96. The monoisotopic (exact) mass is 289 g/mol. The van der Waals surface area contributed by atoms with E-state index in [2.05, 4.69) is 18.3 Å². The Morgan fingerprint density at radius 1 is 1.38 bits per heavy atom. The van der Waals surface area contributed by atoms with E-state index in [4.69, 9.17) is 4.74 Å². The van der Waals surface area contributed by atoms with Gasteiger partial charge in [0.2, 0.25) is 0 Å². The van der Waals surface area contributed by atoms with E-state index in [1.807, 2.05) is 19.9 Å². The lowest BCUT2D eigenvalue weighted by Gasteiger charge is -2.29. The van der Waals surface area contributed by atoms with Crippen LogP contribution in [0.3, 0.4) is 0 Å². The highest BCUT2D eigenvalue weighted by Crippen LogP contribution is 2.39. The number of rotatable bonds is 4. The Hall–Kier alpha value is -1.55. The number of fused-ring (bicyclic) bond motifs is 1. The molecule has 114 valence electrons. The highest BCUT2D eigenvalue weighted by atomic mass is 16.5. The Labute approximate surface area is 125 Å². The first-order valence-electron chi connectivity index (χ1n) is 7.62. The van der Waals surface area contributed by atoms with Crippen molar-refractivity contribution in [3.8, 4) is 5.75 Å². The first kappa shape index (κ1) is 14.4. The van der Waals surface area contributed by atoms with Crippen LogP contribution in [0, 0.1) is 19.8 Å². The van der Waals surface area contributed by atoms with Gasteiger partial charge in [0.05, 0.1) is 12.1 Å². The fourth-order valence-electron chi connectivity index (χ4n) is 3.01. The molecule has 4 heteroatoms. The molecule has 1 aliphatic heterocycles. The van der Waals surface area contributed by atoms with Crippen LogP contribution in [0.25, 0.3) is 0 Å². The van der Waals surface area contributed by atoms with E-state index in [-0.39, 0.29) is 12.5 Å². The Morgan fingerprint density at radius 2 is 2.05 bits per heavy atom. The lowest BCUT2D eigenvalue weighted by molar-refractivity contribution is -0.130. The van der Waals surface area contributed by atoms with Crippen LogP contribution in [-0.2, 0) is 11.2 Å². The number of hydrogen-bond donors (Lipinski definition) is 2. The topological polar surface area (TPSA) is 58.6 Å². The molecule has 1 saturated carbocycles. The summed E-state index contributed by atoms with van der Waals surface area (Å²) in [4.78, 5) is 12.4. The van der Waals surface area contributed by atoms with Crippen LogP contribution in [0.2, 0.25) is 0 Å². The molecule has 1 aromatic carbocycles. The van der Waals surface area contributed by atoms with Crippen molar-refractivity contribution in [2.24, 2.45) is 5.92 Å². The van der Waals surface area contributed by atoms with E-state index in [1.165, 1.54) is 11.1 Å². The molecule has 0 saturated heterocycles. The summed E-state index contributed by atoms with van der Waals surface area (Å²) in [7, 11) is 0. The molecule has 1 aromatic rings. The van der Waals surface area contributed by atoms with Crippen molar-refractivity contribution in [2.45, 2.75) is 51.7 Å². The van der Waals surface area contributed by atoms with Gasteiger partial charge in [0.15, 0.2) is 6.10 Å². The molecule has 0 spiro atoms. The van der Waals surface area contributed by atoms with Crippen molar-refractivity contribution >= 4 is 5.91 Å². The number of ether oxygens (including phenoxy) is 1. The fraction of sp³-hybridized carbons (Fsp3) is 0.588. The SMILES string of the molecule is Cc1cc2c(cc1C)OC(C(=O)NC(C)(CO)C1CC1)C2. The number of carbonyl (C=O) groups excluding carboxylic acids is 1. The third kappa shape index (κ3) is 2.64. The second kappa shape index (κ2) is 5.02. The molecular formula is C17H23NO3. The average Bonchev–Trinajstić information content (AvgIpc) is 3.22. The van der Waals surface area contributed by atoms with Crippen molar-refractivity contribution in [2.75, 3.05) is 6.61 Å². The Morgan fingerprint density at radius 3 is 2.67 bits per heavy atom. The number of aliphatic hydroxyl groups is 1. The van der Waals surface area contributed by atoms with Crippen LogP contribution >= 0.6 is 0 Å². The maximum Gasteiger partial charge on any atom is 0.261 e. The molecular weight excluding hydrogens is 266 g/mol. The largest absolute Gasteiger partial charge is 0.480 e. The van der Waals surface area contributed by atoms with Crippen molar-refractivity contribution in [1.82, 2.24) is 5.32 Å². The average molecular weight is 289 g/mol. The minimum absolute atomic E-state index is 0.0265. The number of amides is 1. The molecule has 0 radical (unpaired) electrons. The van der Waals surface area contributed by atoms with Crippen LogP contribution in [0.15, 0.2) is 12.1 Å². The number of aliphatic hydroxyl groups excluding tert-OH is 1. The van der Waals surface area contributed by atoms with Crippen molar-refractivity contribution < 1.29 is 14.6 Å². The van der Waals surface area contributed by atoms with Crippen LogP contribution in [0.4, 0.5) is 0 Å². The smallest absolute Gasteiger partial charge is 0.261 e. The number of aryl methyl sites for hydroxylation is 2. The summed E-state index contributed by atoms with van der Waals surface area (Å²) < 4.78 is 5.80. The molecule has 2 unspecified atom stereocenters. The molecule has 4 nitrogen and oxygen atoms in total. The maximum atomic E-state index is 12.4. The number of carbonyl (C=O) groups is 1. The summed E-state index contributed by atoms with van der Waals surface area (Å²) in [5, 5.41) is 12.6. The Balaban J connectivity index is 1.70. The zero-order valence-corrected chi connectivity index (χ0v) is 12.9. The first-order valence-corrected chi connectivity index (χ1v) is 7.62. The quantitative estimate of drug-likeness (QED) is 0.890. The molecule has 1 aliphatic carbocycles. The predicted octanol–water partition coefficient (Wildman–Crippen LogP) is 1.88. The van der Waals surface area contributed by atoms with Crippen molar-refractivity contribution in [3.05, 3.63) is 28.8 Å². The normalized spacial score (nSPS) is 23.1. The molecule has 0 bridgehead atoms. The van der Waals surface area contributed by atoms with Crippen molar-refractivity contribution in [1.29, 1.82) is 0 Å². The minimum atomic E-state index is -0.513. The van der Waals surface area contributed by atoms with Gasteiger partial charge in [-0.3, -0.25) is 4.79 Å². The van der Waals surface area contributed by atoms with E-state index in [0.29, 0.717) is 12.3 Å². The fourth-order valence-corrected chi connectivity index (χ4v) is 3.01. The van der Waals surface area contributed by atoms with Crippen LogP contribution < -0.4 is 10.1 Å². The van der Waals surface area contributed by atoms with Crippen LogP contribution in [-0.4, -0.2) is 29.3 Å². The predicted molar refractivity (Wildman–Crippen MR) is 80.4 cm³/mol. The van der Waals surface area contributed by atoms with Gasteiger partial charge in [-0.1, -0.05) is 6.07 Å². The summed E-state index contributed by atoms with van der Waals surface area (Å²) in [6, 6.07) is 4.11. The van der Waals surface area contributed by atoms with E-state index < -0.39 is 11.6 Å². The summed E-state index contributed by atoms with van der Waals surface area (Å²) in [6.07, 6.45) is 2.27. The Bertz CT molecular complexity index is 549. The van der Waals surface area contributed by atoms with Gasteiger partial charge in [0.1, 0.15) is 5.75 Å². The van der Waals surface area contributed by atoms with Gasteiger partial charge in [-0.25, -0.2) is 0 Å². The lowest BCUT2D eigenvalue weighted by Crippen LogP contribution is -2.54. The van der Waals surface area contributed by atoms with Crippen molar-refractivity contribution in [3.63, 3.8) is 0 Å². The number of nitrogens with one attached hydrogen (secondary N) is 1. The van der Waals surface area contributed by atoms with E-state index in [1.54, 1.807) is 0 Å². The second-order valence-electron chi connectivity index (χ2n) is 6.69. The van der Waals surface area contributed by atoms with Gasteiger partial charge in [-0.15, -0.1) is 0 Å². The molecule has 2 atom stereocenters. The number of benzene rings is 1. The molecule has 1 amide bonds. The van der Waals surface area contributed by atoms with Crippen LogP contribution in [0.5, 0.6) is 5.75 Å². The zero-order chi connectivity index (χ0) is 15.2. The maximum absolute atomic E-state index is 12.4. The standard InChI is InChI=1S/C17H23NO3/c1-10-6-12-8-15(21-14(12)7-11(10)2)16(20)18-17(3,9-19)13-4-5-13/h6-7,13,15,19H,4-5,8-9H2,1-3H3,(H,18,20). The summed E-state index contributed by atoms with van der Waals surface area (Å²) in [6.45, 7) is 6.00. The second-order valence-corrected chi connectivity index (χ2v) is 6.69. The highest BCUT2D eigenvalue weighted by Gasteiger charge is 2.44. The third-order valence-corrected chi connectivity index (χ3v) is 4.86. The van der Waals surface area contributed by atoms with Crippen LogP contribution in [0.1, 0.15) is 36.5 Å². The van der Waals surface area contributed by atoms with E-state index in [9.17, 15) is 9.90 Å². The summed E-state index contributed by atoms with van der Waals surface area (Å²) in [5.41, 5.74) is 2.97. The Kier molecular flexibility index (Phi) is 3.44. The molecule has 1 heterocycles. The summed E-state index contributed by atoms with van der Waals surface area (Å²) in [5.74, 6) is 1.08. The zero-order valence-electron chi connectivity index (χ0n) is 12.9. The van der Waals surface area contributed by atoms with Gasteiger partial charge >= 0.3 is 0 Å². The molecule has 2 aliphatic rings. The summed E-state index contributed by atoms with van der Waals surface area (Å²) >= 11 is 0. The van der Waals surface area contributed by atoms with Gasteiger partial charge in [0.25, 0.3) is 5.91 Å². The molecule has 21 heavy (non-hydrogen) atoms. The van der Waals surface area contributed by atoms with Gasteiger partial charge in [-0.2, -0.15) is 0 Å². The molecule has 0 aromatic heterocycles. The minimum Gasteiger partial charge on any atom is -0.480 e. The third-order valence-electron chi connectivity index (χ3n) is 4.86. The van der Waals surface area contributed by atoms with E-state index in [0.717, 1.165) is 24.2 Å². The highest BCUT2D eigenvalue weighted by molar-refractivity contribution is 5.83.